The molecule has 0 aromatic heterocycles. The summed E-state index contributed by atoms with van der Waals surface area (Å²) in [5.74, 6) is 0.526. The van der Waals surface area contributed by atoms with Gasteiger partial charge in [-0.2, -0.15) is 0 Å². The number of alkyl halides is 2. The first kappa shape index (κ1) is 16.5. The van der Waals surface area contributed by atoms with Crippen LogP contribution in [0.5, 0.6) is 0 Å². The average molecular weight is 348 g/mol. The van der Waals surface area contributed by atoms with Crippen molar-refractivity contribution in [2.45, 2.75) is 4.90 Å². The van der Waals surface area contributed by atoms with E-state index < -0.39 is 9.84 Å². The maximum Gasteiger partial charge on any atom is 0.201 e. The molecule has 1 heterocycles. The van der Waals surface area contributed by atoms with E-state index in [0.29, 0.717) is 24.8 Å². The van der Waals surface area contributed by atoms with Gasteiger partial charge in [-0.25, -0.2) is 8.42 Å². The highest BCUT2D eigenvalue weighted by molar-refractivity contribution is 7.94. The zero-order valence-electron chi connectivity index (χ0n) is 11.3. The molecule has 1 aromatic rings. The van der Waals surface area contributed by atoms with Gasteiger partial charge in [-0.1, -0.05) is 12.1 Å². The van der Waals surface area contributed by atoms with Crippen molar-refractivity contribution in [3.63, 3.8) is 0 Å². The fourth-order valence-corrected chi connectivity index (χ4v) is 4.14. The Labute approximate surface area is 134 Å². The maximum absolute atomic E-state index is 12.4. The summed E-state index contributed by atoms with van der Waals surface area (Å²) in [6.07, 6.45) is 0. The lowest BCUT2D eigenvalue weighted by Gasteiger charge is -2.23. The van der Waals surface area contributed by atoms with Gasteiger partial charge in [0.1, 0.15) is 0 Å². The number of fused-ring (bicyclic) bond motifs is 1. The van der Waals surface area contributed by atoms with Crippen molar-refractivity contribution in [3.8, 4) is 0 Å². The van der Waals surface area contributed by atoms with Gasteiger partial charge in [0.25, 0.3) is 0 Å². The fraction of sp³-hybridized carbons (Fsp3) is 0.357. The van der Waals surface area contributed by atoms with Crippen LogP contribution in [0.1, 0.15) is 10.4 Å². The lowest BCUT2D eigenvalue weighted by atomic mass is 10.0. The van der Waals surface area contributed by atoms with E-state index in [4.69, 9.17) is 23.2 Å². The minimum atomic E-state index is -3.58. The van der Waals surface area contributed by atoms with Crippen LogP contribution in [-0.4, -0.2) is 50.5 Å². The van der Waals surface area contributed by atoms with Crippen molar-refractivity contribution in [3.05, 3.63) is 40.8 Å². The Kier molecular flexibility index (Phi) is 5.43. The van der Waals surface area contributed by atoms with Gasteiger partial charge in [0.05, 0.1) is 4.90 Å². The zero-order chi connectivity index (χ0) is 15.5. The number of hydrogen-bond donors (Lipinski definition) is 0. The Morgan fingerprint density at radius 3 is 2.29 bits per heavy atom. The van der Waals surface area contributed by atoms with E-state index in [-0.39, 0.29) is 28.4 Å². The standard InChI is InChI=1S/C14H15Cl2NO3S/c15-5-7-17(8-6-16)9-11-10-21(19,20)13-4-2-1-3-12(13)14(11)18/h1-4,10H,5-9H2. The smallest absolute Gasteiger partial charge is 0.201 e. The van der Waals surface area contributed by atoms with Crippen molar-refractivity contribution < 1.29 is 13.2 Å². The van der Waals surface area contributed by atoms with E-state index in [1.165, 1.54) is 12.1 Å². The van der Waals surface area contributed by atoms with Gasteiger partial charge >= 0.3 is 0 Å². The topological polar surface area (TPSA) is 54.5 Å². The van der Waals surface area contributed by atoms with E-state index >= 15 is 0 Å². The Hall–Kier alpha value is -0.880. The third kappa shape index (κ3) is 3.66. The number of sulfone groups is 1. The Balaban J connectivity index is 2.34. The van der Waals surface area contributed by atoms with E-state index in [2.05, 4.69) is 0 Å². The molecule has 0 amide bonds. The molecule has 0 aliphatic carbocycles. The molecule has 21 heavy (non-hydrogen) atoms. The van der Waals surface area contributed by atoms with Gasteiger partial charge in [-0.15, -0.1) is 23.2 Å². The van der Waals surface area contributed by atoms with Crippen LogP contribution < -0.4 is 0 Å². The first-order chi connectivity index (χ1) is 9.99. The molecule has 0 saturated carbocycles. The van der Waals surface area contributed by atoms with E-state index in [9.17, 15) is 13.2 Å². The molecule has 0 bridgehead atoms. The summed E-state index contributed by atoms with van der Waals surface area (Å²) in [5, 5.41) is 1.06. The van der Waals surface area contributed by atoms with Crippen molar-refractivity contribution in [1.82, 2.24) is 4.90 Å². The number of carbonyl (C=O) groups is 1. The first-order valence-electron chi connectivity index (χ1n) is 6.43. The monoisotopic (exact) mass is 347 g/mol. The second-order valence-corrected chi connectivity index (χ2v) is 7.19. The summed E-state index contributed by atoms with van der Waals surface area (Å²) >= 11 is 11.4. The van der Waals surface area contributed by atoms with Crippen molar-refractivity contribution in [1.29, 1.82) is 0 Å². The second kappa shape index (κ2) is 6.92. The van der Waals surface area contributed by atoms with E-state index in [1.807, 2.05) is 4.90 Å². The number of hydrogen-bond acceptors (Lipinski definition) is 4. The minimum absolute atomic E-state index is 0.0694. The predicted octanol–water partition coefficient (Wildman–Crippen LogP) is 2.32. The minimum Gasteiger partial charge on any atom is -0.297 e. The predicted molar refractivity (Wildman–Crippen MR) is 83.9 cm³/mol. The largest absolute Gasteiger partial charge is 0.297 e. The Morgan fingerprint density at radius 2 is 1.67 bits per heavy atom. The van der Waals surface area contributed by atoms with Crippen LogP contribution in [0.25, 0.3) is 0 Å². The summed E-state index contributed by atoms with van der Waals surface area (Å²) in [7, 11) is -3.58. The third-order valence-electron chi connectivity index (χ3n) is 3.22. The van der Waals surface area contributed by atoms with Crippen molar-refractivity contribution >= 4 is 38.8 Å². The Bertz CT molecular complexity index is 665. The van der Waals surface area contributed by atoms with E-state index in [1.54, 1.807) is 12.1 Å². The highest BCUT2D eigenvalue weighted by atomic mass is 35.5. The number of rotatable bonds is 6. The van der Waals surface area contributed by atoms with Crippen LogP contribution in [0.2, 0.25) is 0 Å². The second-order valence-electron chi connectivity index (χ2n) is 4.67. The molecule has 1 aliphatic rings. The Morgan fingerprint density at radius 1 is 1.05 bits per heavy atom. The molecular weight excluding hydrogens is 333 g/mol. The molecule has 0 unspecified atom stereocenters. The molecule has 4 nitrogen and oxygen atoms in total. The van der Waals surface area contributed by atoms with Gasteiger partial charge in [0, 0.05) is 47.9 Å². The van der Waals surface area contributed by atoms with Gasteiger partial charge in [-0.3, -0.25) is 9.69 Å². The third-order valence-corrected chi connectivity index (χ3v) is 5.12. The highest BCUT2D eigenvalue weighted by Crippen LogP contribution is 2.27. The molecule has 0 spiro atoms. The summed E-state index contributed by atoms with van der Waals surface area (Å²) in [4.78, 5) is 14.4. The highest BCUT2D eigenvalue weighted by Gasteiger charge is 2.30. The number of benzene rings is 1. The number of carbonyl (C=O) groups excluding carboxylic acids is 1. The molecule has 0 fully saturated rings. The van der Waals surface area contributed by atoms with Crippen molar-refractivity contribution in [2.75, 3.05) is 31.4 Å². The van der Waals surface area contributed by atoms with Crippen LogP contribution in [-0.2, 0) is 9.84 Å². The number of halogens is 2. The molecule has 1 aliphatic heterocycles. The molecule has 1 aromatic carbocycles. The SMILES string of the molecule is O=C1C(CN(CCCl)CCCl)=CS(=O)(=O)c2ccccc21. The molecule has 7 heteroatoms. The fourth-order valence-electron chi connectivity index (χ4n) is 2.24. The van der Waals surface area contributed by atoms with Gasteiger partial charge in [0.2, 0.25) is 9.84 Å². The normalized spacial score (nSPS) is 16.7. The van der Waals surface area contributed by atoms with Crippen LogP contribution in [0, 0.1) is 0 Å². The molecular formula is C14H15Cl2NO3S. The average Bonchev–Trinajstić information content (AvgIpc) is 2.45. The van der Waals surface area contributed by atoms with Crippen molar-refractivity contribution in [2.24, 2.45) is 0 Å². The number of ketones is 1. The summed E-state index contributed by atoms with van der Waals surface area (Å²) in [6.45, 7) is 1.31. The summed E-state index contributed by atoms with van der Waals surface area (Å²) in [6, 6.07) is 6.25. The quantitative estimate of drug-likeness (QED) is 0.741. The first-order valence-corrected chi connectivity index (χ1v) is 9.05. The maximum atomic E-state index is 12.4. The van der Waals surface area contributed by atoms with Crippen LogP contribution >= 0.6 is 23.2 Å². The van der Waals surface area contributed by atoms with Gasteiger partial charge in [0.15, 0.2) is 5.78 Å². The van der Waals surface area contributed by atoms with Gasteiger partial charge in [-0.05, 0) is 12.1 Å². The summed E-state index contributed by atoms with van der Waals surface area (Å²) in [5.41, 5.74) is 0.482. The van der Waals surface area contributed by atoms with E-state index in [0.717, 1.165) is 5.41 Å². The molecule has 0 saturated heterocycles. The zero-order valence-corrected chi connectivity index (χ0v) is 13.6. The molecule has 0 atom stereocenters. The molecule has 114 valence electrons. The molecule has 0 N–H and O–H groups in total. The molecule has 2 rings (SSSR count). The summed E-state index contributed by atoms with van der Waals surface area (Å²) < 4.78 is 24.5. The molecule has 0 radical (unpaired) electrons. The number of nitrogens with zero attached hydrogens (tertiary/aromatic N) is 1. The number of Topliss-reactive ketones (excluding diaryl/α,β-unsaturated/α-hetero) is 1. The lowest BCUT2D eigenvalue weighted by Crippen LogP contribution is -2.33. The van der Waals surface area contributed by atoms with Crippen LogP contribution in [0.15, 0.2) is 40.1 Å². The lowest BCUT2D eigenvalue weighted by molar-refractivity contribution is 0.102. The van der Waals surface area contributed by atoms with Crippen LogP contribution in [0.3, 0.4) is 0 Å². The van der Waals surface area contributed by atoms with Gasteiger partial charge < -0.3 is 0 Å². The van der Waals surface area contributed by atoms with Crippen LogP contribution in [0.4, 0.5) is 0 Å².